The molecule has 1 N–H and O–H groups in total. The third-order valence-electron chi connectivity index (χ3n) is 3.59. The molecule has 1 fully saturated rings. The number of thioether (sulfide) groups is 1. The average molecular weight is 390 g/mol. The van der Waals surface area contributed by atoms with E-state index in [1.807, 2.05) is 24.3 Å². The maximum atomic E-state index is 14.1. The van der Waals surface area contributed by atoms with Crippen molar-refractivity contribution in [1.29, 1.82) is 0 Å². The Balaban J connectivity index is 2.08. The largest absolute Gasteiger partial charge is 0.479 e. The molecule has 1 unspecified atom stereocenters. The molecule has 1 aliphatic rings. The lowest BCUT2D eigenvalue weighted by atomic mass is 10.1. The van der Waals surface area contributed by atoms with Crippen molar-refractivity contribution in [3.63, 3.8) is 0 Å². The van der Waals surface area contributed by atoms with Gasteiger partial charge in [0.1, 0.15) is 0 Å². The van der Waals surface area contributed by atoms with E-state index in [1.54, 1.807) is 13.8 Å². The third-order valence-corrected chi connectivity index (χ3v) is 5.31. The molecule has 1 atom stereocenters. The first-order valence-electron chi connectivity index (χ1n) is 6.80. The molecule has 0 bridgehead atoms. The number of likely N-dealkylation sites (tertiary alicyclic amines) is 1. The Hall–Kier alpha value is -1.08. The van der Waals surface area contributed by atoms with Gasteiger partial charge in [-0.1, -0.05) is 15.9 Å². The fourth-order valence-electron chi connectivity index (χ4n) is 2.34. The van der Waals surface area contributed by atoms with Crippen LogP contribution in [0.25, 0.3) is 0 Å². The van der Waals surface area contributed by atoms with Crippen LogP contribution in [0.1, 0.15) is 20.3 Å². The summed E-state index contributed by atoms with van der Waals surface area (Å²) in [5.74, 6) is -1.75. The van der Waals surface area contributed by atoms with E-state index in [0.717, 1.165) is 9.37 Å². The van der Waals surface area contributed by atoms with Gasteiger partial charge in [-0.3, -0.25) is 4.79 Å². The Morgan fingerprint density at radius 2 is 1.95 bits per heavy atom. The summed E-state index contributed by atoms with van der Waals surface area (Å²) in [5, 5.41) is 8.91. The maximum absolute atomic E-state index is 14.1. The molecule has 1 aliphatic heterocycles. The van der Waals surface area contributed by atoms with Crippen molar-refractivity contribution >= 4 is 39.6 Å². The number of amides is 1. The number of aliphatic carboxylic acids is 1. The standard InChI is InChI=1S/C15H17BrFNO3S/c1-14(2,22-11-5-3-10(16)4-6-11)12(19)18-8-7-15(17,9-18)13(20)21/h3-6H,7-9H2,1-2H3,(H,20,21). The Bertz CT molecular complexity index is 593. The van der Waals surface area contributed by atoms with E-state index in [-0.39, 0.29) is 25.4 Å². The van der Waals surface area contributed by atoms with Crippen LogP contribution in [0.4, 0.5) is 4.39 Å². The Morgan fingerprint density at radius 1 is 1.36 bits per heavy atom. The summed E-state index contributed by atoms with van der Waals surface area (Å²) in [6.45, 7) is 3.28. The molecule has 1 amide bonds. The van der Waals surface area contributed by atoms with Gasteiger partial charge in [-0.2, -0.15) is 0 Å². The minimum atomic E-state index is -2.33. The van der Waals surface area contributed by atoms with Crippen LogP contribution in [-0.4, -0.2) is 45.4 Å². The quantitative estimate of drug-likeness (QED) is 0.802. The van der Waals surface area contributed by atoms with Gasteiger partial charge >= 0.3 is 5.97 Å². The van der Waals surface area contributed by atoms with Crippen molar-refractivity contribution in [2.75, 3.05) is 13.1 Å². The van der Waals surface area contributed by atoms with Crippen molar-refractivity contribution in [3.05, 3.63) is 28.7 Å². The number of nitrogens with zero attached hydrogens (tertiary/aromatic N) is 1. The number of alkyl halides is 1. The molecule has 0 aliphatic carbocycles. The van der Waals surface area contributed by atoms with Gasteiger partial charge in [0.25, 0.3) is 0 Å². The van der Waals surface area contributed by atoms with Crippen molar-refractivity contribution < 1.29 is 19.1 Å². The van der Waals surface area contributed by atoms with Crippen LogP contribution >= 0.6 is 27.7 Å². The number of carboxylic acids is 1. The number of carbonyl (C=O) groups excluding carboxylic acids is 1. The van der Waals surface area contributed by atoms with Gasteiger partial charge < -0.3 is 10.0 Å². The second-order valence-electron chi connectivity index (χ2n) is 5.81. The molecule has 1 aromatic carbocycles. The summed E-state index contributed by atoms with van der Waals surface area (Å²) in [7, 11) is 0. The first-order chi connectivity index (χ1) is 10.1. The molecule has 120 valence electrons. The minimum absolute atomic E-state index is 0.131. The number of benzene rings is 1. The van der Waals surface area contributed by atoms with Crippen LogP contribution < -0.4 is 0 Å². The monoisotopic (exact) mass is 389 g/mol. The SMILES string of the molecule is CC(C)(Sc1ccc(Br)cc1)C(=O)N1CCC(F)(C(=O)O)C1. The van der Waals surface area contributed by atoms with Crippen LogP contribution in [0, 0.1) is 0 Å². The maximum Gasteiger partial charge on any atom is 0.343 e. The molecule has 22 heavy (non-hydrogen) atoms. The van der Waals surface area contributed by atoms with Crippen molar-refractivity contribution in [2.24, 2.45) is 0 Å². The Kier molecular flexibility index (Phi) is 4.87. The number of carboxylic acid groups (broad SMARTS) is 1. The van der Waals surface area contributed by atoms with Gasteiger partial charge in [-0.15, -0.1) is 11.8 Å². The highest BCUT2D eigenvalue weighted by molar-refractivity contribution is 9.10. The predicted molar refractivity (Wildman–Crippen MR) is 86.7 cm³/mol. The smallest absolute Gasteiger partial charge is 0.343 e. The predicted octanol–water partition coefficient (Wildman–Crippen LogP) is 3.35. The number of hydrogen-bond acceptors (Lipinski definition) is 3. The molecular weight excluding hydrogens is 373 g/mol. The normalized spacial score (nSPS) is 21.9. The van der Waals surface area contributed by atoms with Crippen molar-refractivity contribution in [2.45, 2.75) is 35.6 Å². The van der Waals surface area contributed by atoms with Gasteiger partial charge in [0.2, 0.25) is 11.6 Å². The van der Waals surface area contributed by atoms with Crippen molar-refractivity contribution in [3.8, 4) is 0 Å². The van der Waals surface area contributed by atoms with Gasteiger partial charge in [0.05, 0.1) is 11.3 Å². The zero-order valence-corrected chi connectivity index (χ0v) is 14.7. The molecule has 0 spiro atoms. The molecule has 1 aromatic rings. The summed E-state index contributed by atoms with van der Waals surface area (Å²) in [6.07, 6.45) is -0.160. The van der Waals surface area contributed by atoms with Crippen LogP contribution in [0.15, 0.2) is 33.6 Å². The first-order valence-corrected chi connectivity index (χ1v) is 8.41. The molecule has 0 aromatic heterocycles. The highest BCUT2D eigenvalue weighted by Crippen LogP contribution is 2.37. The van der Waals surface area contributed by atoms with Crippen LogP contribution in [0.5, 0.6) is 0 Å². The van der Waals surface area contributed by atoms with E-state index in [1.165, 1.54) is 16.7 Å². The summed E-state index contributed by atoms with van der Waals surface area (Å²) in [5.41, 5.74) is -2.33. The van der Waals surface area contributed by atoms with E-state index in [9.17, 15) is 14.0 Å². The molecule has 1 saturated heterocycles. The molecule has 2 rings (SSSR count). The molecule has 7 heteroatoms. The van der Waals surface area contributed by atoms with E-state index >= 15 is 0 Å². The van der Waals surface area contributed by atoms with Crippen molar-refractivity contribution in [1.82, 2.24) is 4.90 Å². The topological polar surface area (TPSA) is 57.6 Å². The molecule has 0 radical (unpaired) electrons. The van der Waals surface area contributed by atoms with Gasteiger partial charge in [0, 0.05) is 22.3 Å². The van der Waals surface area contributed by atoms with Crippen LogP contribution in [-0.2, 0) is 9.59 Å². The molecular formula is C15H17BrFNO3S. The zero-order valence-electron chi connectivity index (χ0n) is 12.3. The summed E-state index contributed by atoms with van der Waals surface area (Å²) in [6, 6.07) is 7.56. The lowest BCUT2D eigenvalue weighted by Crippen LogP contribution is -2.45. The summed E-state index contributed by atoms with van der Waals surface area (Å²) in [4.78, 5) is 25.8. The number of hydrogen-bond donors (Lipinski definition) is 1. The van der Waals surface area contributed by atoms with E-state index in [0.29, 0.717) is 0 Å². The molecule has 4 nitrogen and oxygen atoms in total. The number of rotatable bonds is 4. The van der Waals surface area contributed by atoms with E-state index in [2.05, 4.69) is 15.9 Å². The van der Waals surface area contributed by atoms with Gasteiger partial charge in [0.15, 0.2) is 0 Å². The summed E-state index contributed by atoms with van der Waals surface area (Å²) < 4.78 is 14.3. The van der Waals surface area contributed by atoms with E-state index < -0.39 is 16.4 Å². The third kappa shape index (κ3) is 3.63. The summed E-state index contributed by atoms with van der Waals surface area (Å²) >= 11 is 4.73. The second kappa shape index (κ2) is 6.20. The average Bonchev–Trinajstić information content (AvgIpc) is 2.84. The Morgan fingerprint density at radius 3 is 2.45 bits per heavy atom. The zero-order chi connectivity index (χ0) is 16.5. The first kappa shape index (κ1) is 17.3. The fraction of sp³-hybridized carbons (Fsp3) is 0.467. The lowest BCUT2D eigenvalue weighted by molar-refractivity contribution is -0.150. The number of carbonyl (C=O) groups is 2. The van der Waals surface area contributed by atoms with E-state index in [4.69, 9.17) is 5.11 Å². The van der Waals surface area contributed by atoms with Crippen LogP contribution in [0.2, 0.25) is 0 Å². The fourth-order valence-corrected chi connectivity index (χ4v) is 3.68. The highest BCUT2D eigenvalue weighted by atomic mass is 79.9. The molecule has 0 saturated carbocycles. The second-order valence-corrected chi connectivity index (χ2v) is 8.43. The van der Waals surface area contributed by atoms with Gasteiger partial charge in [-0.05, 0) is 38.1 Å². The molecule has 1 heterocycles. The highest BCUT2D eigenvalue weighted by Gasteiger charge is 2.49. The Labute approximate surface area is 141 Å². The number of halogens is 2. The lowest BCUT2D eigenvalue weighted by Gasteiger charge is -2.29. The van der Waals surface area contributed by atoms with Crippen LogP contribution in [0.3, 0.4) is 0 Å². The minimum Gasteiger partial charge on any atom is -0.479 e. The van der Waals surface area contributed by atoms with Gasteiger partial charge in [-0.25, -0.2) is 9.18 Å².